The van der Waals surface area contributed by atoms with Crippen LogP contribution in [0.25, 0.3) is 0 Å². The van der Waals surface area contributed by atoms with E-state index in [9.17, 15) is 4.79 Å². The highest BCUT2D eigenvalue weighted by Crippen LogP contribution is 2.22. The lowest BCUT2D eigenvalue weighted by Crippen LogP contribution is -2.29. The smallest absolute Gasteiger partial charge is 0.239 e. The van der Waals surface area contributed by atoms with Crippen molar-refractivity contribution in [2.75, 3.05) is 18.9 Å². The van der Waals surface area contributed by atoms with Crippen LogP contribution in [0, 0.1) is 6.92 Å². The normalized spacial score (nSPS) is 11.7. The minimum absolute atomic E-state index is 0.105. The molecule has 1 heterocycles. The van der Waals surface area contributed by atoms with E-state index < -0.39 is 0 Å². The molecule has 0 aliphatic rings. The third kappa shape index (κ3) is 5.21. The van der Waals surface area contributed by atoms with Gasteiger partial charge >= 0.3 is 0 Å². The number of hydrogen-bond acceptors (Lipinski definition) is 4. The van der Waals surface area contributed by atoms with E-state index in [1.807, 2.05) is 11.9 Å². The molecule has 0 aliphatic carbocycles. The van der Waals surface area contributed by atoms with E-state index in [1.165, 1.54) is 11.1 Å². The van der Waals surface area contributed by atoms with Crippen molar-refractivity contribution in [3.05, 3.63) is 47.2 Å². The second-order valence-corrected chi connectivity index (χ2v) is 6.99. The van der Waals surface area contributed by atoms with Crippen molar-refractivity contribution in [1.82, 2.24) is 10.1 Å². The number of nitrogens with zero attached hydrogens (tertiary/aromatic N) is 2. The Labute approximate surface area is 137 Å². The number of anilines is 1. The van der Waals surface area contributed by atoms with Crippen molar-refractivity contribution in [1.29, 1.82) is 0 Å². The van der Waals surface area contributed by atoms with E-state index in [0.717, 1.165) is 6.54 Å². The molecule has 124 valence electrons. The Balaban J connectivity index is 1.86. The molecule has 2 aromatic rings. The first kappa shape index (κ1) is 17.2. The van der Waals surface area contributed by atoms with Crippen molar-refractivity contribution in [3.8, 4) is 0 Å². The van der Waals surface area contributed by atoms with Crippen molar-refractivity contribution in [2.24, 2.45) is 0 Å². The predicted molar refractivity (Wildman–Crippen MR) is 91.3 cm³/mol. The molecule has 0 radical (unpaired) electrons. The highest BCUT2D eigenvalue weighted by atomic mass is 16.5. The Bertz CT molecular complexity index is 654. The number of nitrogens with one attached hydrogen (secondary N) is 1. The largest absolute Gasteiger partial charge is 0.360 e. The number of carbonyl (C=O) groups is 1. The second-order valence-electron chi connectivity index (χ2n) is 6.99. The molecule has 23 heavy (non-hydrogen) atoms. The van der Waals surface area contributed by atoms with Gasteiger partial charge in [0.15, 0.2) is 5.82 Å². The molecule has 0 atom stereocenters. The fourth-order valence-electron chi connectivity index (χ4n) is 2.33. The minimum atomic E-state index is -0.105. The van der Waals surface area contributed by atoms with Crippen LogP contribution in [0.4, 0.5) is 5.82 Å². The van der Waals surface area contributed by atoms with Gasteiger partial charge in [-0.3, -0.25) is 9.69 Å². The highest BCUT2D eigenvalue weighted by molar-refractivity contribution is 5.91. The third-order valence-electron chi connectivity index (χ3n) is 3.58. The van der Waals surface area contributed by atoms with Gasteiger partial charge in [-0.1, -0.05) is 50.2 Å². The van der Waals surface area contributed by atoms with Crippen LogP contribution in [0.5, 0.6) is 0 Å². The monoisotopic (exact) mass is 315 g/mol. The maximum atomic E-state index is 12.0. The number of rotatable bonds is 5. The molecule has 0 spiro atoms. The number of aryl methyl sites for hydroxylation is 1. The highest BCUT2D eigenvalue weighted by Gasteiger charge is 2.14. The summed E-state index contributed by atoms with van der Waals surface area (Å²) in [7, 11) is 1.92. The lowest BCUT2D eigenvalue weighted by molar-refractivity contribution is -0.117. The van der Waals surface area contributed by atoms with E-state index >= 15 is 0 Å². The van der Waals surface area contributed by atoms with Gasteiger partial charge in [-0.05, 0) is 30.5 Å². The van der Waals surface area contributed by atoms with E-state index in [-0.39, 0.29) is 11.3 Å². The van der Waals surface area contributed by atoms with Crippen molar-refractivity contribution < 1.29 is 9.32 Å². The fourth-order valence-corrected chi connectivity index (χ4v) is 2.33. The van der Waals surface area contributed by atoms with Crippen molar-refractivity contribution in [2.45, 2.75) is 39.7 Å². The average Bonchev–Trinajstić information content (AvgIpc) is 2.83. The number of benzene rings is 1. The number of aromatic nitrogens is 1. The lowest BCUT2D eigenvalue weighted by Gasteiger charge is -2.20. The van der Waals surface area contributed by atoms with Crippen LogP contribution in [-0.2, 0) is 16.8 Å². The van der Waals surface area contributed by atoms with Crippen LogP contribution in [0.15, 0.2) is 34.9 Å². The molecular formula is C18H25N3O2. The summed E-state index contributed by atoms with van der Waals surface area (Å²) in [4.78, 5) is 13.9. The van der Waals surface area contributed by atoms with Crippen LogP contribution in [0.2, 0.25) is 0 Å². The molecule has 0 saturated heterocycles. The first-order chi connectivity index (χ1) is 10.7. The molecule has 1 aromatic carbocycles. The summed E-state index contributed by atoms with van der Waals surface area (Å²) in [6.45, 7) is 9.40. The topological polar surface area (TPSA) is 58.4 Å². The Kier molecular flexibility index (Phi) is 5.21. The van der Waals surface area contributed by atoms with Gasteiger partial charge in [-0.15, -0.1) is 0 Å². The summed E-state index contributed by atoms with van der Waals surface area (Å²) in [5.74, 6) is 1.02. The molecule has 0 unspecified atom stereocenters. The zero-order valence-corrected chi connectivity index (χ0v) is 14.5. The molecule has 0 saturated carbocycles. The molecule has 5 heteroatoms. The lowest BCUT2D eigenvalue weighted by atomic mass is 9.87. The Morgan fingerprint density at radius 1 is 1.26 bits per heavy atom. The van der Waals surface area contributed by atoms with Crippen molar-refractivity contribution >= 4 is 11.7 Å². The Morgan fingerprint density at radius 3 is 2.43 bits per heavy atom. The van der Waals surface area contributed by atoms with Gasteiger partial charge in [0.2, 0.25) is 5.91 Å². The standard InChI is InChI=1S/C18H25N3O2/c1-13-10-16(20-23-13)19-17(22)12-21(5)11-14-6-8-15(9-7-14)18(2,3)4/h6-10H,11-12H2,1-5H3,(H,19,20,22). The maximum absolute atomic E-state index is 12.0. The van der Waals surface area contributed by atoms with Crippen LogP contribution < -0.4 is 5.32 Å². The van der Waals surface area contributed by atoms with E-state index in [2.05, 4.69) is 55.5 Å². The maximum Gasteiger partial charge on any atom is 0.239 e. The number of carbonyl (C=O) groups excluding carboxylic acids is 1. The molecule has 0 bridgehead atoms. The average molecular weight is 315 g/mol. The first-order valence-electron chi connectivity index (χ1n) is 7.75. The molecule has 0 aliphatic heterocycles. The van der Waals surface area contributed by atoms with Crippen LogP contribution in [0.3, 0.4) is 0 Å². The summed E-state index contributed by atoms with van der Waals surface area (Å²) in [5.41, 5.74) is 2.65. The van der Waals surface area contributed by atoms with Gasteiger partial charge in [-0.25, -0.2) is 0 Å². The molecule has 1 amide bonds. The number of amides is 1. The predicted octanol–water partition coefficient (Wildman–Crippen LogP) is 3.35. The second kappa shape index (κ2) is 6.96. The summed E-state index contributed by atoms with van der Waals surface area (Å²) in [5, 5.41) is 6.48. The third-order valence-corrected chi connectivity index (χ3v) is 3.58. The number of hydrogen-bond donors (Lipinski definition) is 1. The fraction of sp³-hybridized carbons (Fsp3) is 0.444. The van der Waals surface area contributed by atoms with Gasteiger partial charge in [0.05, 0.1) is 6.54 Å². The van der Waals surface area contributed by atoms with E-state index in [4.69, 9.17) is 4.52 Å². The summed E-state index contributed by atoms with van der Waals surface area (Å²) in [6.07, 6.45) is 0. The summed E-state index contributed by atoms with van der Waals surface area (Å²) < 4.78 is 4.93. The van der Waals surface area contributed by atoms with E-state index in [1.54, 1.807) is 13.0 Å². The molecule has 1 N–H and O–H groups in total. The number of likely N-dealkylation sites (N-methyl/N-ethyl adjacent to an activating group) is 1. The zero-order chi connectivity index (χ0) is 17.0. The van der Waals surface area contributed by atoms with Gasteiger partial charge < -0.3 is 9.84 Å². The summed E-state index contributed by atoms with van der Waals surface area (Å²) >= 11 is 0. The van der Waals surface area contributed by atoms with Gasteiger partial charge in [0.25, 0.3) is 0 Å². The summed E-state index contributed by atoms with van der Waals surface area (Å²) in [6, 6.07) is 10.2. The van der Waals surface area contributed by atoms with Crippen LogP contribution >= 0.6 is 0 Å². The van der Waals surface area contributed by atoms with E-state index in [0.29, 0.717) is 18.1 Å². The molecule has 1 aromatic heterocycles. The minimum Gasteiger partial charge on any atom is -0.360 e. The van der Waals surface area contributed by atoms with Gasteiger partial charge in [0.1, 0.15) is 5.76 Å². The Hall–Kier alpha value is -2.14. The Morgan fingerprint density at radius 2 is 1.91 bits per heavy atom. The van der Waals surface area contributed by atoms with Crippen LogP contribution in [-0.4, -0.2) is 29.6 Å². The molecule has 5 nitrogen and oxygen atoms in total. The van der Waals surface area contributed by atoms with Crippen LogP contribution in [0.1, 0.15) is 37.7 Å². The molecular weight excluding hydrogens is 290 g/mol. The zero-order valence-electron chi connectivity index (χ0n) is 14.5. The van der Waals surface area contributed by atoms with Gasteiger partial charge in [-0.2, -0.15) is 0 Å². The molecule has 0 fully saturated rings. The first-order valence-corrected chi connectivity index (χ1v) is 7.75. The van der Waals surface area contributed by atoms with Crippen molar-refractivity contribution in [3.63, 3.8) is 0 Å². The quantitative estimate of drug-likeness (QED) is 0.919. The van der Waals surface area contributed by atoms with Gasteiger partial charge in [0, 0.05) is 12.6 Å². The SMILES string of the molecule is Cc1cc(NC(=O)CN(C)Cc2ccc(C(C)(C)C)cc2)no1. The molecule has 2 rings (SSSR count).